The van der Waals surface area contributed by atoms with E-state index in [1.54, 1.807) is 48.7 Å². The Kier molecular flexibility index (Phi) is 5.75. The van der Waals surface area contributed by atoms with Crippen molar-refractivity contribution >= 4 is 34.2 Å². The third-order valence-corrected chi connectivity index (χ3v) is 5.03. The Hall–Kier alpha value is -3.27. The third-order valence-electron chi connectivity index (χ3n) is 4.31. The van der Waals surface area contributed by atoms with E-state index in [0.717, 1.165) is 9.39 Å². The molecule has 4 aromatic rings. The number of halogens is 1. The highest BCUT2D eigenvalue weighted by atomic mass is 127. The number of hydrogen-bond donors (Lipinski definition) is 1. The lowest BCUT2D eigenvalue weighted by Crippen LogP contribution is -2.11. The second-order valence-corrected chi connectivity index (χ2v) is 7.79. The van der Waals surface area contributed by atoms with E-state index in [1.807, 2.05) is 36.7 Å². The van der Waals surface area contributed by atoms with Crippen molar-refractivity contribution in [3.8, 4) is 17.4 Å². The van der Waals surface area contributed by atoms with Crippen molar-refractivity contribution in [2.75, 3.05) is 5.32 Å². The summed E-state index contributed by atoms with van der Waals surface area (Å²) in [6.45, 7) is 3.72. The molecule has 150 valence electrons. The number of anilines is 1. The molecular weight excluding hydrogens is 493 g/mol. The molecule has 0 unspecified atom stereocenters. The Labute approximate surface area is 187 Å². The summed E-state index contributed by atoms with van der Waals surface area (Å²) in [5, 5.41) is 2.88. The molecule has 2 aromatic carbocycles. The molecule has 0 radical (unpaired) electrons. The summed E-state index contributed by atoms with van der Waals surface area (Å²) in [6.07, 6.45) is 3.56. The maximum Gasteiger partial charge on any atom is 0.255 e. The van der Waals surface area contributed by atoms with Crippen LogP contribution in [0.2, 0.25) is 0 Å². The minimum Gasteiger partial charge on any atom is -0.439 e. The lowest BCUT2D eigenvalue weighted by atomic mass is 10.2. The molecule has 0 aliphatic rings. The molecule has 2 heterocycles. The smallest absolute Gasteiger partial charge is 0.255 e. The molecule has 0 bridgehead atoms. The number of aryl methyl sites for hydroxylation is 2. The normalized spacial score (nSPS) is 10.6. The molecular formula is C22H18IN5O2. The fourth-order valence-corrected chi connectivity index (χ4v) is 3.21. The molecule has 1 N–H and O–H groups in total. The highest BCUT2D eigenvalue weighted by Gasteiger charge is 2.09. The number of nitrogens with zero attached hydrogens (tertiary/aromatic N) is 4. The highest BCUT2D eigenvalue weighted by Crippen LogP contribution is 2.23. The van der Waals surface area contributed by atoms with Gasteiger partial charge in [-0.2, -0.15) is 4.98 Å². The zero-order valence-electron chi connectivity index (χ0n) is 16.3. The summed E-state index contributed by atoms with van der Waals surface area (Å²) in [4.78, 5) is 25.4. The minimum absolute atomic E-state index is 0.160. The van der Waals surface area contributed by atoms with E-state index < -0.39 is 0 Å². The van der Waals surface area contributed by atoms with Crippen LogP contribution in [0.3, 0.4) is 0 Å². The van der Waals surface area contributed by atoms with Gasteiger partial charge in [0.1, 0.15) is 23.2 Å². The molecule has 0 aliphatic carbocycles. The lowest BCUT2D eigenvalue weighted by Gasteiger charge is -2.10. The lowest BCUT2D eigenvalue weighted by molar-refractivity contribution is 0.102. The van der Waals surface area contributed by atoms with Crippen molar-refractivity contribution in [2.45, 2.75) is 13.8 Å². The summed E-state index contributed by atoms with van der Waals surface area (Å²) in [5.74, 6) is 2.99. The van der Waals surface area contributed by atoms with Crippen LogP contribution in [0.5, 0.6) is 11.6 Å². The third kappa shape index (κ3) is 4.65. The van der Waals surface area contributed by atoms with Crippen LogP contribution in [0.25, 0.3) is 5.82 Å². The van der Waals surface area contributed by atoms with E-state index >= 15 is 0 Å². The molecule has 8 heteroatoms. The fraction of sp³-hybridized carbons (Fsp3) is 0.0909. The first-order chi connectivity index (χ1) is 14.5. The zero-order valence-corrected chi connectivity index (χ0v) is 18.5. The summed E-state index contributed by atoms with van der Waals surface area (Å²) in [7, 11) is 0. The number of amides is 1. The number of carbonyl (C=O) groups is 1. The summed E-state index contributed by atoms with van der Waals surface area (Å²) < 4.78 is 8.84. The Morgan fingerprint density at radius 3 is 2.43 bits per heavy atom. The average molecular weight is 511 g/mol. The summed E-state index contributed by atoms with van der Waals surface area (Å²) in [5.41, 5.74) is 1.29. The van der Waals surface area contributed by atoms with Gasteiger partial charge in [-0.25, -0.2) is 9.97 Å². The number of aromatic nitrogens is 4. The van der Waals surface area contributed by atoms with Crippen molar-refractivity contribution in [3.05, 3.63) is 87.8 Å². The molecule has 4 rings (SSSR count). The van der Waals surface area contributed by atoms with Crippen LogP contribution in [0.15, 0.2) is 67.0 Å². The predicted octanol–water partition coefficient (Wildman–Crippen LogP) is 4.93. The van der Waals surface area contributed by atoms with Crippen molar-refractivity contribution < 1.29 is 9.53 Å². The SMILES string of the molecule is Cc1nc(Oc2ccc(NC(=O)c3ccc(I)cc3)cc2)cc(-n2ccnc2C)n1. The van der Waals surface area contributed by atoms with E-state index in [4.69, 9.17) is 4.74 Å². The van der Waals surface area contributed by atoms with Gasteiger partial charge in [-0.3, -0.25) is 9.36 Å². The van der Waals surface area contributed by atoms with Gasteiger partial charge in [0.2, 0.25) is 5.88 Å². The highest BCUT2D eigenvalue weighted by molar-refractivity contribution is 14.1. The molecule has 0 aliphatic heterocycles. The first-order valence-electron chi connectivity index (χ1n) is 9.19. The summed E-state index contributed by atoms with van der Waals surface area (Å²) in [6, 6.07) is 16.3. The largest absolute Gasteiger partial charge is 0.439 e. The molecule has 2 aromatic heterocycles. The molecule has 1 amide bonds. The van der Waals surface area contributed by atoms with Crippen LogP contribution in [-0.4, -0.2) is 25.4 Å². The van der Waals surface area contributed by atoms with E-state index in [1.165, 1.54) is 0 Å². The van der Waals surface area contributed by atoms with Gasteiger partial charge in [0.05, 0.1) is 0 Å². The first kappa shape index (κ1) is 20.0. The molecule has 0 saturated heterocycles. The second kappa shape index (κ2) is 8.62. The fourth-order valence-electron chi connectivity index (χ4n) is 2.85. The van der Waals surface area contributed by atoms with Crippen LogP contribution in [-0.2, 0) is 0 Å². The van der Waals surface area contributed by atoms with Crippen LogP contribution in [0.1, 0.15) is 22.0 Å². The maximum atomic E-state index is 12.3. The van der Waals surface area contributed by atoms with Crippen molar-refractivity contribution in [1.82, 2.24) is 19.5 Å². The van der Waals surface area contributed by atoms with E-state index in [2.05, 4.69) is 42.9 Å². The van der Waals surface area contributed by atoms with Gasteiger partial charge in [-0.1, -0.05) is 0 Å². The topological polar surface area (TPSA) is 81.9 Å². The number of benzene rings is 2. The molecule has 30 heavy (non-hydrogen) atoms. The zero-order chi connectivity index (χ0) is 21.1. The Balaban J connectivity index is 1.47. The Morgan fingerprint density at radius 2 is 1.77 bits per heavy atom. The van der Waals surface area contributed by atoms with E-state index in [-0.39, 0.29) is 5.91 Å². The van der Waals surface area contributed by atoms with Crippen LogP contribution in [0, 0.1) is 17.4 Å². The van der Waals surface area contributed by atoms with Crippen molar-refractivity contribution in [1.29, 1.82) is 0 Å². The van der Waals surface area contributed by atoms with Crippen LogP contribution in [0.4, 0.5) is 5.69 Å². The van der Waals surface area contributed by atoms with Crippen molar-refractivity contribution in [2.24, 2.45) is 0 Å². The monoisotopic (exact) mass is 511 g/mol. The Morgan fingerprint density at radius 1 is 1.03 bits per heavy atom. The van der Waals surface area contributed by atoms with Gasteiger partial charge in [0.15, 0.2) is 0 Å². The minimum atomic E-state index is -0.160. The first-order valence-corrected chi connectivity index (χ1v) is 10.3. The number of rotatable bonds is 5. The van der Waals surface area contributed by atoms with Gasteiger partial charge in [0, 0.05) is 33.3 Å². The van der Waals surface area contributed by atoms with Gasteiger partial charge in [-0.15, -0.1) is 0 Å². The van der Waals surface area contributed by atoms with E-state index in [0.29, 0.717) is 34.5 Å². The van der Waals surface area contributed by atoms with Crippen LogP contribution >= 0.6 is 22.6 Å². The van der Waals surface area contributed by atoms with Gasteiger partial charge in [0.25, 0.3) is 5.91 Å². The second-order valence-electron chi connectivity index (χ2n) is 6.54. The molecule has 0 spiro atoms. The molecule has 0 fully saturated rings. The number of nitrogens with one attached hydrogen (secondary N) is 1. The molecule has 0 saturated carbocycles. The van der Waals surface area contributed by atoms with Crippen LogP contribution < -0.4 is 10.1 Å². The van der Waals surface area contributed by atoms with Gasteiger partial charge >= 0.3 is 0 Å². The number of hydrogen-bond acceptors (Lipinski definition) is 5. The molecule has 7 nitrogen and oxygen atoms in total. The Bertz CT molecular complexity index is 1190. The standard InChI is InChI=1S/C22H18IN5O2/c1-14-25-20(28-12-11-24-15(28)2)13-21(26-14)30-19-9-7-18(8-10-19)27-22(29)16-3-5-17(23)6-4-16/h3-13H,1-2H3,(H,27,29). The predicted molar refractivity (Wildman–Crippen MR) is 122 cm³/mol. The molecule has 0 atom stereocenters. The van der Waals surface area contributed by atoms with Gasteiger partial charge < -0.3 is 10.1 Å². The summed E-state index contributed by atoms with van der Waals surface area (Å²) >= 11 is 2.21. The van der Waals surface area contributed by atoms with E-state index in [9.17, 15) is 4.79 Å². The quantitative estimate of drug-likeness (QED) is 0.385. The maximum absolute atomic E-state index is 12.3. The number of carbonyl (C=O) groups excluding carboxylic acids is 1. The average Bonchev–Trinajstić information content (AvgIpc) is 3.15. The van der Waals surface area contributed by atoms with Crippen molar-refractivity contribution in [3.63, 3.8) is 0 Å². The number of imidazole rings is 1. The number of ether oxygens (including phenoxy) is 1. The van der Waals surface area contributed by atoms with Gasteiger partial charge in [-0.05, 0) is 85.0 Å².